The van der Waals surface area contributed by atoms with Crippen LogP contribution in [0.25, 0.3) is 15.9 Å². The monoisotopic (exact) mass is 467 g/mol. The van der Waals surface area contributed by atoms with Gasteiger partial charge in [0.1, 0.15) is 11.4 Å². The lowest BCUT2D eigenvalue weighted by Crippen LogP contribution is -2.40. The number of benzene rings is 2. The van der Waals surface area contributed by atoms with Crippen LogP contribution in [-0.4, -0.2) is 15.0 Å². The zero-order valence-corrected chi connectivity index (χ0v) is 19.5. The lowest BCUT2D eigenvalue weighted by atomic mass is 10.1. The molecule has 0 aliphatic rings. The molecule has 0 aliphatic heterocycles. The van der Waals surface area contributed by atoms with Gasteiger partial charge in [-0.25, -0.2) is 9.36 Å². The summed E-state index contributed by atoms with van der Waals surface area (Å²) in [5.74, 6) is -0.343. The first-order valence-corrected chi connectivity index (χ1v) is 11.4. The largest absolute Gasteiger partial charge is 0.337 e. The van der Waals surface area contributed by atoms with Gasteiger partial charge in [-0.05, 0) is 61.7 Å². The number of rotatable bonds is 5. The first-order chi connectivity index (χ1) is 15.3. The SMILES string of the molecule is CCc1cc2c(=O)n(-c3cccc(Cl)c3)c(=O)n(CC(=O)Nc3cccc(C)c3C)c2s1. The second kappa shape index (κ2) is 8.76. The highest BCUT2D eigenvalue weighted by molar-refractivity contribution is 7.18. The Bertz CT molecular complexity index is 1470. The summed E-state index contributed by atoms with van der Waals surface area (Å²) in [6, 6.07) is 14.0. The van der Waals surface area contributed by atoms with Crippen molar-refractivity contribution in [1.29, 1.82) is 0 Å². The molecular formula is C24H22ClN3O3S. The summed E-state index contributed by atoms with van der Waals surface area (Å²) in [5, 5.41) is 3.71. The first kappa shape index (κ1) is 22.0. The third kappa shape index (κ3) is 4.01. The highest BCUT2D eigenvalue weighted by Crippen LogP contribution is 2.24. The molecule has 0 saturated carbocycles. The Kier molecular flexibility index (Phi) is 6.04. The summed E-state index contributed by atoms with van der Waals surface area (Å²) in [4.78, 5) is 41.0. The average Bonchev–Trinajstić information content (AvgIpc) is 3.19. The second-order valence-corrected chi connectivity index (χ2v) is 9.12. The zero-order valence-electron chi connectivity index (χ0n) is 17.9. The van der Waals surface area contributed by atoms with Gasteiger partial charge in [0.2, 0.25) is 5.91 Å². The third-order valence-electron chi connectivity index (χ3n) is 5.46. The van der Waals surface area contributed by atoms with Gasteiger partial charge in [0.05, 0.1) is 11.1 Å². The Balaban J connectivity index is 1.85. The van der Waals surface area contributed by atoms with Crippen molar-refractivity contribution in [1.82, 2.24) is 9.13 Å². The summed E-state index contributed by atoms with van der Waals surface area (Å²) >= 11 is 7.46. The van der Waals surface area contributed by atoms with Crippen molar-refractivity contribution >= 4 is 44.7 Å². The molecule has 2 heterocycles. The van der Waals surface area contributed by atoms with Crippen molar-refractivity contribution in [3.05, 3.63) is 90.4 Å². The molecule has 0 saturated heterocycles. The van der Waals surface area contributed by atoms with Gasteiger partial charge in [0, 0.05) is 15.6 Å². The second-order valence-electron chi connectivity index (χ2n) is 7.57. The van der Waals surface area contributed by atoms with E-state index in [1.54, 1.807) is 30.3 Å². The van der Waals surface area contributed by atoms with Crippen LogP contribution in [0.5, 0.6) is 0 Å². The highest BCUT2D eigenvalue weighted by atomic mass is 35.5. The molecule has 1 amide bonds. The van der Waals surface area contributed by atoms with Crippen LogP contribution in [0.1, 0.15) is 22.9 Å². The van der Waals surface area contributed by atoms with Crippen LogP contribution in [0.2, 0.25) is 5.02 Å². The molecule has 0 spiro atoms. The summed E-state index contributed by atoms with van der Waals surface area (Å²) in [6.07, 6.45) is 0.721. The van der Waals surface area contributed by atoms with Crippen LogP contribution in [0.4, 0.5) is 5.69 Å². The Morgan fingerprint density at radius 2 is 1.84 bits per heavy atom. The predicted octanol–water partition coefficient (Wildman–Crippen LogP) is 4.69. The van der Waals surface area contributed by atoms with Crippen molar-refractivity contribution in [3.63, 3.8) is 0 Å². The van der Waals surface area contributed by atoms with E-state index < -0.39 is 11.2 Å². The summed E-state index contributed by atoms with van der Waals surface area (Å²) in [5.41, 5.74) is 2.08. The van der Waals surface area contributed by atoms with Crippen LogP contribution >= 0.6 is 22.9 Å². The minimum absolute atomic E-state index is 0.215. The van der Waals surface area contributed by atoms with Gasteiger partial charge in [-0.2, -0.15) is 0 Å². The maximum absolute atomic E-state index is 13.4. The van der Waals surface area contributed by atoms with Crippen LogP contribution in [0, 0.1) is 13.8 Å². The number of aryl methyl sites for hydroxylation is 2. The van der Waals surface area contributed by atoms with E-state index in [0.29, 0.717) is 26.6 Å². The molecule has 8 heteroatoms. The minimum atomic E-state index is -0.578. The van der Waals surface area contributed by atoms with Crippen LogP contribution in [-0.2, 0) is 17.8 Å². The first-order valence-electron chi connectivity index (χ1n) is 10.2. The van der Waals surface area contributed by atoms with Crippen molar-refractivity contribution in [3.8, 4) is 5.69 Å². The fourth-order valence-corrected chi connectivity index (χ4v) is 4.84. The molecule has 32 heavy (non-hydrogen) atoms. The van der Waals surface area contributed by atoms with Gasteiger partial charge in [-0.1, -0.05) is 36.7 Å². The highest BCUT2D eigenvalue weighted by Gasteiger charge is 2.19. The van der Waals surface area contributed by atoms with Crippen molar-refractivity contribution in [2.45, 2.75) is 33.7 Å². The van der Waals surface area contributed by atoms with Gasteiger partial charge in [-0.3, -0.25) is 14.2 Å². The number of aromatic nitrogens is 2. The number of nitrogens with zero attached hydrogens (tertiary/aromatic N) is 2. The number of carbonyl (C=O) groups excluding carboxylic acids is 1. The topological polar surface area (TPSA) is 73.1 Å². The molecule has 4 rings (SSSR count). The zero-order chi connectivity index (χ0) is 23.0. The fraction of sp³-hybridized carbons (Fsp3) is 0.208. The van der Waals surface area contributed by atoms with Gasteiger partial charge in [0.15, 0.2) is 0 Å². The molecule has 0 radical (unpaired) electrons. The molecule has 1 N–H and O–H groups in total. The van der Waals surface area contributed by atoms with E-state index in [2.05, 4.69) is 5.32 Å². The van der Waals surface area contributed by atoms with Gasteiger partial charge >= 0.3 is 5.69 Å². The average molecular weight is 468 g/mol. The maximum Gasteiger partial charge on any atom is 0.337 e. The quantitative estimate of drug-likeness (QED) is 0.463. The Labute approximate surface area is 193 Å². The van der Waals surface area contributed by atoms with Crippen LogP contribution in [0.15, 0.2) is 58.1 Å². The standard InChI is InChI=1S/C24H22ClN3O3S/c1-4-18-12-19-22(30)28(17-9-6-8-16(25)11-17)24(31)27(23(19)32-18)13-21(29)26-20-10-5-7-14(2)15(20)3/h5-12H,4,13H2,1-3H3,(H,26,29). The number of carbonyl (C=O) groups is 1. The molecule has 4 aromatic rings. The number of hydrogen-bond donors (Lipinski definition) is 1. The Morgan fingerprint density at radius 3 is 2.56 bits per heavy atom. The summed E-state index contributed by atoms with van der Waals surface area (Å²) in [6.45, 7) is 5.67. The molecule has 0 fully saturated rings. The maximum atomic E-state index is 13.4. The molecule has 2 aromatic heterocycles. The Morgan fingerprint density at radius 1 is 1.09 bits per heavy atom. The molecule has 0 unspecified atom stereocenters. The molecular weight excluding hydrogens is 446 g/mol. The van der Waals surface area contributed by atoms with Crippen molar-refractivity contribution < 1.29 is 4.79 Å². The van der Waals surface area contributed by atoms with E-state index in [0.717, 1.165) is 27.0 Å². The molecule has 164 valence electrons. The van der Waals surface area contributed by atoms with Crippen molar-refractivity contribution in [2.75, 3.05) is 5.32 Å². The van der Waals surface area contributed by atoms with E-state index in [1.165, 1.54) is 15.9 Å². The molecule has 0 atom stereocenters. The van der Waals surface area contributed by atoms with E-state index >= 15 is 0 Å². The van der Waals surface area contributed by atoms with E-state index in [1.807, 2.05) is 39.0 Å². The third-order valence-corrected chi connectivity index (χ3v) is 7.00. The van der Waals surface area contributed by atoms with Gasteiger partial charge < -0.3 is 5.32 Å². The number of halogens is 1. The number of hydrogen-bond acceptors (Lipinski definition) is 4. The lowest BCUT2D eigenvalue weighted by molar-refractivity contribution is -0.116. The molecule has 0 aliphatic carbocycles. The number of nitrogens with one attached hydrogen (secondary N) is 1. The van der Waals surface area contributed by atoms with E-state index in [4.69, 9.17) is 11.6 Å². The summed E-state index contributed by atoms with van der Waals surface area (Å²) in [7, 11) is 0. The van der Waals surface area contributed by atoms with E-state index in [9.17, 15) is 14.4 Å². The van der Waals surface area contributed by atoms with Gasteiger partial charge in [0.25, 0.3) is 5.56 Å². The molecule has 0 bridgehead atoms. The lowest BCUT2D eigenvalue weighted by Gasteiger charge is -2.14. The van der Waals surface area contributed by atoms with Crippen molar-refractivity contribution in [2.24, 2.45) is 0 Å². The predicted molar refractivity (Wildman–Crippen MR) is 131 cm³/mol. The van der Waals surface area contributed by atoms with E-state index in [-0.39, 0.29) is 12.5 Å². The van der Waals surface area contributed by atoms with Crippen LogP contribution < -0.4 is 16.6 Å². The number of thiophene rings is 1. The fourth-order valence-electron chi connectivity index (χ4n) is 3.58. The number of fused-ring (bicyclic) bond motifs is 1. The number of amides is 1. The molecule has 6 nitrogen and oxygen atoms in total. The smallest absolute Gasteiger partial charge is 0.324 e. The number of anilines is 1. The minimum Gasteiger partial charge on any atom is -0.324 e. The normalized spacial score (nSPS) is 11.1. The summed E-state index contributed by atoms with van der Waals surface area (Å²) < 4.78 is 2.44. The van der Waals surface area contributed by atoms with Crippen LogP contribution in [0.3, 0.4) is 0 Å². The van der Waals surface area contributed by atoms with Gasteiger partial charge in [-0.15, -0.1) is 11.3 Å². The molecule has 2 aromatic carbocycles. The Hall–Kier alpha value is -3.16.